The number of amides is 1. The van der Waals surface area contributed by atoms with Crippen LogP contribution in [0.2, 0.25) is 0 Å². The van der Waals surface area contributed by atoms with E-state index in [4.69, 9.17) is 0 Å². The number of para-hydroxylation sites is 2. The summed E-state index contributed by atoms with van der Waals surface area (Å²) in [6, 6.07) is 13.5. The van der Waals surface area contributed by atoms with Crippen LogP contribution in [0, 0.1) is 5.82 Å². The molecule has 3 aromatic rings. The summed E-state index contributed by atoms with van der Waals surface area (Å²) >= 11 is 0. The average molecular weight is 380 g/mol. The lowest BCUT2D eigenvalue weighted by Gasteiger charge is -2.29. The standard InChI is InChI=1S/C19H15FN6O.H2O/c20-13-5-7-14(8-6-13)25-19(27)18-16(11-24-10-9-21-12-24)22-15-3-1-2-4-17(15)26(18)23-25;/h1-10,12,22-23H,11H2;1H2. The number of hydrogen-bond acceptors (Lipinski definition) is 5. The predicted molar refractivity (Wildman–Crippen MR) is 102 cm³/mol. The number of hydrogen-bond donors (Lipinski definition) is 2. The van der Waals surface area contributed by atoms with E-state index in [0.29, 0.717) is 17.9 Å². The van der Waals surface area contributed by atoms with Gasteiger partial charge in [0.05, 0.1) is 35.6 Å². The van der Waals surface area contributed by atoms with E-state index >= 15 is 0 Å². The van der Waals surface area contributed by atoms with Crippen molar-refractivity contribution in [2.45, 2.75) is 6.54 Å². The summed E-state index contributed by atoms with van der Waals surface area (Å²) in [6.45, 7) is 0.463. The van der Waals surface area contributed by atoms with Gasteiger partial charge >= 0.3 is 0 Å². The number of rotatable bonds is 3. The third-order valence-corrected chi connectivity index (χ3v) is 4.53. The van der Waals surface area contributed by atoms with E-state index in [9.17, 15) is 9.18 Å². The molecule has 0 spiro atoms. The zero-order valence-corrected chi connectivity index (χ0v) is 14.6. The number of nitrogens with one attached hydrogen (secondary N) is 2. The number of nitrogens with zero attached hydrogens (tertiary/aromatic N) is 4. The number of fused-ring (bicyclic) bond motifs is 3. The lowest BCUT2D eigenvalue weighted by molar-refractivity contribution is -0.114. The maximum atomic E-state index is 13.3. The largest absolute Gasteiger partial charge is 0.412 e. The quantitative estimate of drug-likeness (QED) is 0.722. The summed E-state index contributed by atoms with van der Waals surface area (Å²) in [5, 5.41) is 6.52. The Morgan fingerprint density at radius 3 is 2.57 bits per heavy atom. The number of carbonyl (C=O) groups excluding carboxylic acids is 1. The molecule has 3 heterocycles. The summed E-state index contributed by atoms with van der Waals surface area (Å²) < 4.78 is 15.2. The Balaban J connectivity index is 0.00000192. The molecule has 142 valence electrons. The topological polar surface area (TPSA) is 96.9 Å². The highest BCUT2D eigenvalue weighted by Crippen LogP contribution is 2.38. The molecule has 0 aliphatic carbocycles. The second-order valence-corrected chi connectivity index (χ2v) is 6.26. The third kappa shape index (κ3) is 2.79. The smallest absolute Gasteiger partial charge is 0.294 e. The molecule has 1 saturated heterocycles. The lowest BCUT2D eigenvalue weighted by atomic mass is 10.1. The van der Waals surface area contributed by atoms with Crippen LogP contribution in [-0.2, 0) is 11.3 Å². The van der Waals surface area contributed by atoms with Crippen molar-refractivity contribution in [1.82, 2.24) is 15.1 Å². The molecule has 0 atom stereocenters. The van der Waals surface area contributed by atoms with Crippen LogP contribution >= 0.6 is 0 Å². The van der Waals surface area contributed by atoms with Crippen molar-refractivity contribution in [3.05, 3.63) is 84.5 Å². The Hall–Kier alpha value is -3.69. The van der Waals surface area contributed by atoms with E-state index in [1.165, 1.54) is 17.1 Å². The summed E-state index contributed by atoms with van der Waals surface area (Å²) in [5.41, 5.74) is 6.63. The maximum Gasteiger partial charge on any atom is 0.294 e. The predicted octanol–water partition coefficient (Wildman–Crippen LogP) is 1.81. The Morgan fingerprint density at radius 2 is 1.82 bits per heavy atom. The summed E-state index contributed by atoms with van der Waals surface area (Å²) in [7, 11) is 0. The fraction of sp³-hybridized carbons (Fsp3) is 0.0526. The number of aromatic nitrogens is 2. The molecule has 2 aromatic carbocycles. The normalized spacial score (nSPS) is 15.1. The first-order valence-electron chi connectivity index (χ1n) is 8.42. The average Bonchev–Trinajstić information content (AvgIpc) is 3.31. The van der Waals surface area contributed by atoms with Crippen molar-refractivity contribution in [3.8, 4) is 0 Å². The van der Waals surface area contributed by atoms with E-state index in [1.54, 1.807) is 29.7 Å². The zero-order chi connectivity index (χ0) is 18.4. The molecule has 0 unspecified atom stereocenters. The van der Waals surface area contributed by atoms with Gasteiger partial charge in [0, 0.05) is 12.4 Å². The van der Waals surface area contributed by atoms with Gasteiger partial charge in [0.2, 0.25) is 0 Å². The van der Waals surface area contributed by atoms with Crippen molar-refractivity contribution in [1.29, 1.82) is 0 Å². The van der Waals surface area contributed by atoms with E-state index in [-0.39, 0.29) is 17.2 Å². The first-order chi connectivity index (χ1) is 13.2. The molecule has 1 aromatic heterocycles. The van der Waals surface area contributed by atoms with E-state index in [0.717, 1.165) is 17.1 Å². The zero-order valence-electron chi connectivity index (χ0n) is 14.6. The van der Waals surface area contributed by atoms with Crippen molar-refractivity contribution >= 4 is 23.0 Å². The Labute approximate surface area is 159 Å². The number of imidazole rings is 1. The van der Waals surface area contributed by atoms with Crippen LogP contribution in [0.3, 0.4) is 0 Å². The number of halogens is 1. The van der Waals surface area contributed by atoms with Crippen molar-refractivity contribution in [2.24, 2.45) is 0 Å². The molecule has 9 heteroatoms. The minimum atomic E-state index is -0.352. The first-order valence-corrected chi connectivity index (χ1v) is 8.42. The van der Waals surface area contributed by atoms with Gasteiger partial charge in [-0.3, -0.25) is 4.79 Å². The van der Waals surface area contributed by atoms with Crippen LogP contribution in [0.15, 0.2) is 78.6 Å². The monoisotopic (exact) mass is 380 g/mol. The molecule has 2 aliphatic heterocycles. The van der Waals surface area contributed by atoms with Crippen LogP contribution < -0.4 is 20.9 Å². The Bertz CT molecular complexity index is 1050. The lowest BCUT2D eigenvalue weighted by Crippen LogP contribution is -2.41. The number of benzene rings is 2. The number of allylic oxidation sites excluding steroid dienone is 1. The Morgan fingerprint density at radius 1 is 1.04 bits per heavy atom. The summed E-state index contributed by atoms with van der Waals surface area (Å²) in [4.78, 5) is 17.2. The van der Waals surface area contributed by atoms with Gasteiger partial charge in [0.15, 0.2) is 0 Å². The molecule has 1 fully saturated rings. The second-order valence-electron chi connectivity index (χ2n) is 6.26. The van der Waals surface area contributed by atoms with Crippen LogP contribution in [0.1, 0.15) is 0 Å². The molecule has 8 nitrogen and oxygen atoms in total. The first kappa shape index (κ1) is 17.7. The molecule has 1 amide bonds. The fourth-order valence-electron chi connectivity index (χ4n) is 3.27. The molecule has 0 radical (unpaired) electrons. The van der Waals surface area contributed by atoms with Gasteiger partial charge in [-0.25, -0.2) is 19.4 Å². The molecular formula is C19H17FN6O2. The molecule has 4 N–H and O–H groups in total. The van der Waals surface area contributed by atoms with Crippen LogP contribution in [0.4, 0.5) is 21.5 Å². The second kappa shape index (κ2) is 6.80. The molecule has 0 saturated carbocycles. The summed E-state index contributed by atoms with van der Waals surface area (Å²) in [5.74, 6) is -0.575. The van der Waals surface area contributed by atoms with Crippen molar-refractivity contribution < 1.29 is 14.7 Å². The highest BCUT2D eigenvalue weighted by atomic mass is 19.1. The van der Waals surface area contributed by atoms with E-state index < -0.39 is 0 Å². The highest BCUT2D eigenvalue weighted by Gasteiger charge is 2.40. The van der Waals surface area contributed by atoms with Crippen LogP contribution in [0.5, 0.6) is 0 Å². The van der Waals surface area contributed by atoms with Gasteiger partial charge in [-0.2, -0.15) is 0 Å². The van der Waals surface area contributed by atoms with Gasteiger partial charge in [-0.05, 0) is 36.4 Å². The van der Waals surface area contributed by atoms with E-state index in [2.05, 4.69) is 15.8 Å². The fourth-order valence-corrected chi connectivity index (χ4v) is 3.27. The molecule has 2 aliphatic rings. The molecule has 0 bridgehead atoms. The van der Waals surface area contributed by atoms with Crippen molar-refractivity contribution in [2.75, 3.05) is 15.3 Å². The number of carbonyl (C=O) groups is 1. The summed E-state index contributed by atoms with van der Waals surface area (Å²) in [6.07, 6.45) is 5.23. The van der Waals surface area contributed by atoms with Gasteiger partial charge in [-0.15, -0.1) is 5.53 Å². The minimum absolute atomic E-state index is 0. The molecular weight excluding hydrogens is 363 g/mol. The Kier molecular flexibility index (Phi) is 4.30. The maximum absolute atomic E-state index is 13.3. The van der Waals surface area contributed by atoms with E-state index in [1.807, 2.05) is 35.0 Å². The van der Waals surface area contributed by atoms with Gasteiger partial charge < -0.3 is 15.4 Å². The van der Waals surface area contributed by atoms with Crippen LogP contribution in [0.25, 0.3) is 0 Å². The van der Waals surface area contributed by atoms with Gasteiger partial charge in [-0.1, -0.05) is 12.1 Å². The van der Waals surface area contributed by atoms with Gasteiger partial charge in [0.1, 0.15) is 11.5 Å². The minimum Gasteiger partial charge on any atom is -0.412 e. The third-order valence-electron chi connectivity index (χ3n) is 4.53. The van der Waals surface area contributed by atoms with Crippen molar-refractivity contribution in [3.63, 3.8) is 0 Å². The van der Waals surface area contributed by atoms with Gasteiger partial charge in [0.25, 0.3) is 5.91 Å². The number of anilines is 3. The SMILES string of the molecule is O.O=C1C2=C(Cn3ccnc3)Nc3ccccc3N2NN1c1ccc(F)cc1. The molecule has 28 heavy (non-hydrogen) atoms. The highest BCUT2D eigenvalue weighted by molar-refractivity contribution is 6.12. The number of hydrazine groups is 2. The van der Waals surface area contributed by atoms with Crippen LogP contribution in [-0.4, -0.2) is 20.9 Å². The molecule has 5 rings (SSSR count).